The van der Waals surface area contributed by atoms with E-state index in [1.807, 2.05) is 0 Å². The molecule has 1 amide bonds. The molecule has 0 radical (unpaired) electrons. The van der Waals surface area contributed by atoms with Gasteiger partial charge in [-0.1, -0.05) is 23.2 Å². The standard InChI is InChI=1S/C11H9Cl2N3O/c1-16-10(4-5-14-16)11(17)15-7-2-3-8(12)9(13)6-7/h2-6H,1H3,(H,15,17). The monoisotopic (exact) mass is 269 g/mol. The number of aryl methyl sites for hydroxylation is 1. The minimum atomic E-state index is -0.247. The summed E-state index contributed by atoms with van der Waals surface area (Å²) in [5.41, 5.74) is 1.06. The Morgan fingerprint density at radius 1 is 1.29 bits per heavy atom. The number of anilines is 1. The maximum atomic E-state index is 11.8. The molecule has 0 atom stereocenters. The van der Waals surface area contributed by atoms with Crippen LogP contribution in [-0.2, 0) is 7.05 Å². The Morgan fingerprint density at radius 3 is 2.65 bits per heavy atom. The summed E-state index contributed by atoms with van der Waals surface area (Å²) < 4.78 is 1.49. The van der Waals surface area contributed by atoms with Crippen LogP contribution in [0.15, 0.2) is 30.5 Å². The van der Waals surface area contributed by atoms with Crippen LogP contribution in [0.2, 0.25) is 10.0 Å². The lowest BCUT2D eigenvalue weighted by molar-refractivity contribution is 0.101. The van der Waals surface area contributed by atoms with Crippen molar-refractivity contribution in [1.82, 2.24) is 9.78 Å². The van der Waals surface area contributed by atoms with Crippen molar-refractivity contribution in [1.29, 1.82) is 0 Å². The Morgan fingerprint density at radius 2 is 2.06 bits per heavy atom. The number of nitrogens with one attached hydrogen (secondary N) is 1. The zero-order valence-corrected chi connectivity index (χ0v) is 10.5. The van der Waals surface area contributed by atoms with Crippen LogP contribution in [-0.4, -0.2) is 15.7 Å². The molecule has 0 bridgehead atoms. The third-order valence-corrected chi connectivity index (χ3v) is 2.97. The van der Waals surface area contributed by atoms with Gasteiger partial charge in [0.1, 0.15) is 5.69 Å². The number of amides is 1. The van der Waals surface area contributed by atoms with E-state index in [2.05, 4.69) is 10.4 Å². The second kappa shape index (κ2) is 4.77. The Labute approximate surface area is 108 Å². The van der Waals surface area contributed by atoms with Crippen molar-refractivity contribution in [2.75, 3.05) is 5.32 Å². The second-order valence-corrected chi connectivity index (χ2v) is 4.24. The largest absolute Gasteiger partial charge is 0.321 e. The summed E-state index contributed by atoms with van der Waals surface area (Å²) in [7, 11) is 1.70. The number of nitrogens with zero attached hydrogens (tertiary/aromatic N) is 2. The Kier molecular flexibility index (Phi) is 3.36. The highest BCUT2D eigenvalue weighted by Gasteiger charge is 2.10. The molecule has 0 saturated carbocycles. The molecule has 2 aromatic rings. The smallest absolute Gasteiger partial charge is 0.273 e. The predicted molar refractivity (Wildman–Crippen MR) is 67.6 cm³/mol. The Balaban J connectivity index is 2.19. The van der Waals surface area contributed by atoms with Gasteiger partial charge in [0.2, 0.25) is 0 Å². The van der Waals surface area contributed by atoms with Crippen LogP contribution >= 0.6 is 23.2 Å². The average molecular weight is 270 g/mol. The van der Waals surface area contributed by atoms with E-state index in [-0.39, 0.29) is 5.91 Å². The Bertz CT molecular complexity index is 566. The molecule has 0 aliphatic carbocycles. The molecule has 17 heavy (non-hydrogen) atoms. The summed E-state index contributed by atoms with van der Waals surface area (Å²) in [6, 6.07) is 6.54. The molecular formula is C11H9Cl2N3O. The number of benzene rings is 1. The average Bonchev–Trinajstić information content (AvgIpc) is 2.70. The van der Waals surface area contributed by atoms with Gasteiger partial charge in [0, 0.05) is 18.9 Å². The number of hydrogen-bond acceptors (Lipinski definition) is 2. The van der Waals surface area contributed by atoms with E-state index in [0.29, 0.717) is 21.4 Å². The van der Waals surface area contributed by atoms with E-state index in [4.69, 9.17) is 23.2 Å². The number of hydrogen-bond donors (Lipinski definition) is 1. The minimum Gasteiger partial charge on any atom is -0.321 e. The van der Waals surface area contributed by atoms with Crippen molar-refractivity contribution in [3.8, 4) is 0 Å². The summed E-state index contributed by atoms with van der Waals surface area (Å²) in [5, 5.41) is 7.48. The van der Waals surface area contributed by atoms with E-state index in [9.17, 15) is 4.79 Å². The third-order valence-electron chi connectivity index (χ3n) is 2.23. The molecule has 88 valence electrons. The first-order valence-electron chi connectivity index (χ1n) is 4.82. The van der Waals surface area contributed by atoms with Gasteiger partial charge in [0.25, 0.3) is 5.91 Å². The lowest BCUT2D eigenvalue weighted by Crippen LogP contribution is -2.15. The van der Waals surface area contributed by atoms with E-state index in [0.717, 1.165) is 0 Å². The molecule has 1 N–H and O–H groups in total. The first kappa shape index (κ1) is 12.0. The minimum absolute atomic E-state index is 0.247. The number of aromatic nitrogens is 2. The van der Waals surface area contributed by atoms with Crippen LogP contribution < -0.4 is 5.32 Å². The van der Waals surface area contributed by atoms with E-state index >= 15 is 0 Å². The van der Waals surface area contributed by atoms with Gasteiger partial charge in [-0.05, 0) is 24.3 Å². The van der Waals surface area contributed by atoms with Crippen LogP contribution in [0.25, 0.3) is 0 Å². The van der Waals surface area contributed by atoms with Crippen molar-refractivity contribution in [2.45, 2.75) is 0 Å². The van der Waals surface area contributed by atoms with Gasteiger partial charge in [-0.3, -0.25) is 9.48 Å². The molecule has 2 rings (SSSR count). The van der Waals surface area contributed by atoms with Crippen molar-refractivity contribution in [3.63, 3.8) is 0 Å². The van der Waals surface area contributed by atoms with Gasteiger partial charge in [-0.15, -0.1) is 0 Å². The topological polar surface area (TPSA) is 46.9 Å². The highest BCUT2D eigenvalue weighted by Crippen LogP contribution is 2.25. The van der Waals surface area contributed by atoms with Crippen molar-refractivity contribution in [2.24, 2.45) is 7.05 Å². The van der Waals surface area contributed by atoms with Crippen molar-refractivity contribution < 1.29 is 4.79 Å². The first-order chi connectivity index (χ1) is 8.08. The van der Waals surface area contributed by atoms with E-state index in [1.165, 1.54) is 4.68 Å². The summed E-state index contributed by atoms with van der Waals surface area (Å²) in [6.07, 6.45) is 1.56. The maximum absolute atomic E-state index is 11.8. The molecule has 0 fully saturated rings. The van der Waals surface area contributed by atoms with Crippen LogP contribution in [0, 0.1) is 0 Å². The van der Waals surface area contributed by atoms with Crippen LogP contribution in [0.5, 0.6) is 0 Å². The summed E-state index contributed by atoms with van der Waals surface area (Å²) in [6.45, 7) is 0. The van der Waals surface area contributed by atoms with Gasteiger partial charge in [0.15, 0.2) is 0 Å². The van der Waals surface area contributed by atoms with Crippen LogP contribution in [0.4, 0.5) is 5.69 Å². The molecule has 1 aromatic heterocycles. The predicted octanol–water partition coefficient (Wildman–Crippen LogP) is 2.98. The molecule has 1 aromatic carbocycles. The van der Waals surface area contributed by atoms with E-state index < -0.39 is 0 Å². The highest BCUT2D eigenvalue weighted by molar-refractivity contribution is 6.42. The lowest BCUT2D eigenvalue weighted by Gasteiger charge is -2.06. The van der Waals surface area contributed by atoms with Crippen LogP contribution in [0.1, 0.15) is 10.5 Å². The maximum Gasteiger partial charge on any atom is 0.273 e. The highest BCUT2D eigenvalue weighted by atomic mass is 35.5. The molecule has 1 heterocycles. The molecule has 0 aliphatic rings. The SMILES string of the molecule is Cn1nccc1C(=O)Nc1ccc(Cl)c(Cl)c1. The Hall–Kier alpha value is -1.52. The molecule has 6 heteroatoms. The fraction of sp³-hybridized carbons (Fsp3) is 0.0909. The van der Waals surface area contributed by atoms with Gasteiger partial charge in [-0.25, -0.2) is 0 Å². The number of carbonyl (C=O) groups excluding carboxylic acids is 1. The van der Waals surface area contributed by atoms with Crippen molar-refractivity contribution in [3.05, 3.63) is 46.2 Å². The molecule has 0 aliphatic heterocycles. The summed E-state index contributed by atoms with van der Waals surface area (Å²) >= 11 is 11.6. The molecule has 4 nitrogen and oxygen atoms in total. The number of halogens is 2. The van der Waals surface area contributed by atoms with E-state index in [1.54, 1.807) is 37.5 Å². The summed E-state index contributed by atoms with van der Waals surface area (Å²) in [4.78, 5) is 11.8. The second-order valence-electron chi connectivity index (χ2n) is 3.42. The zero-order valence-electron chi connectivity index (χ0n) is 8.95. The summed E-state index contributed by atoms with van der Waals surface area (Å²) in [5.74, 6) is -0.247. The fourth-order valence-corrected chi connectivity index (χ4v) is 1.66. The zero-order chi connectivity index (χ0) is 12.4. The fourth-order valence-electron chi connectivity index (χ4n) is 1.37. The quantitative estimate of drug-likeness (QED) is 0.911. The molecular weight excluding hydrogens is 261 g/mol. The van der Waals surface area contributed by atoms with Crippen LogP contribution in [0.3, 0.4) is 0 Å². The normalized spacial score (nSPS) is 10.3. The number of carbonyl (C=O) groups is 1. The van der Waals surface area contributed by atoms with Gasteiger partial charge >= 0.3 is 0 Å². The molecule has 0 saturated heterocycles. The molecule has 0 spiro atoms. The lowest BCUT2D eigenvalue weighted by atomic mass is 10.3. The number of rotatable bonds is 2. The van der Waals surface area contributed by atoms with Crippen molar-refractivity contribution >= 4 is 34.8 Å². The van der Waals surface area contributed by atoms with Gasteiger partial charge < -0.3 is 5.32 Å². The van der Waals surface area contributed by atoms with Gasteiger partial charge in [0.05, 0.1) is 10.0 Å². The molecule has 0 unspecified atom stereocenters. The van der Waals surface area contributed by atoms with Gasteiger partial charge in [-0.2, -0.15) is 5.10 Å². The third kappa shape index (κ3) is 2.60. The first-order valence-corrected chi connectivity index (χ1v) is 5.58.